The SMILES string of the molecule is CC(O)C1CCN(C2CCc3ccccc3NC2=O)CC1. The highest BCUT2D eigenvalue weighted by Gasteiger charge is 2.32. The first-order valence-corrected chi connectivity index (χ1v) is 7.96. The first-order valence-electron chi connectivity index (χ1n) is 7.96. The Kier molecular flexibility index (Phi) is 4.27. The standard InChI is InChI=1S/C17H24N2O2/c1-12(20)13-8-10-19(11-9-13)16-7-6-14-4-2-3-5-15(14)18-17(16)21/h2-5,12-13,16,20H,6-11H2,1H3,(H,18,21). The Bertz CT molecular complexity index is 507. The number of aliphatic hydroxyl groups excluding tert-OH is 1. The fourth-order valence-electron chi connectivity index (χ4n) is 3.56. The number of aryl methyl sites for hydroxylation is 1. The molecule has 2 atom stereocenters. The number of benzene rings is 1. The first kappa shape index (κ1) is 14.5. The lowest BCUT2D eigenvalue weighted by molar-refractivity contribution is -0.122. The van der Waals surface area contributed by atoms with E-state index in [1.165, 1.54) is 5.56 Å². The molecule has 0 saturated carbocycles. The number of carbonyl (C=O) groups is 1. The molecule has 0 spiro atoms. The number of likely N-dealkylation sites (tertiary alicyclic amines) is 1. The van der Waals surface area contributed by atoms with Gasteiger partial charge in [0.05, 0.1) is 12.1 Å². The highest BCUT2D eigenvalue weighted by molar-refractivity contribution is 5.96. The van der Waals surface area contributed by atoms with Crippen LogP contribution in [0.3, 0.4) is 0 Å². The number of hydrogen-bond acceptors (Lipinski definition) is 3. The molecular formula is C17H24N2O2. The molecule has 2 unspecified atom stereocenters. The Balaban J connectivity index is 1.67. The number of rotatable bonds is 2. The lowest BCUT2D eigenvalue weighted by Crippen LogP contribution is -2.48. The van der Waals surface area contributed by atoms with Crippen molar-refractivity contribution >= 4 is 11.6 Å². The molecule has 1 aromatic carbocycles. The topological polar surface area (TPSA) is 52.6 Å². The number of amides is 1. The molecule has 2 aliphatic rings. The van der Waals surface area contributed by atoms with Gasteiger partial charge in [0.1, 0.15) is 0 Å². The lowest BCUT2D eigenvalue weighted by Gasteiger charge is -2.37. The zero-order valence-corrected chi connectivity index (χ0v) is 12.6. The van der Waals surface area contributed by atoms with Crippen molar-refractivity contribution in [3.05, 3.63) is 29.8 Å². The van der Waals surface area contributed by atoms with E-state index in [1.54, 1.807) is 0 Å². The fourth-order valence-corrected chi connectivity index (χ4v) is 3.56. The van der Waals surface area contributed by atoms with Crippen molar-refractivity contribution in [2.75, 3.05) is 18.4 Å². The van der Waals surface area contributed by atoms with Gasteiger partial charge in [0, 0.05) is 5.69 Å². The number of piperidine rings is 1. The van der Waals surface area contributed by atoms with Crippen LogP contribution >= 0.6 is 0 Å². The molecule has 21 heavy (non-hydrogen) atoms. The zero-order chi connectivity index (χ0) is 14.8. The Morgan fingerprint density at radius 1 is 1.24 bits per heavy atom. The van der Waals surface area contributed by atoms with Gasteiger partial charge in [-0.3, -0.25) is 9.69 Å². The van der Waals surface area contributed by atoms with Gasteiger partial charge in [0.25, 0.3) is 0 Å². The number of para-hydroxylation sites is 1. The minimum atomic E-state index is -0.237. The summed E-state index contributed by atoms with van der Waals surface area (Å²) in [7, 11) is 0. The normalized spacial score (nSPS) is 25.8. The summed E-state index contributed by atoms with van der Waals surface area (Å²) < 4.78 is 0. The van der Waals surface area contributed by atoms with Gasteiger partial charge in [-0.2, -0.15) is 0 Å². The van der Waals surface area contributed by atoms with Crippen LogP contribution in [0, 0.1) is 5.92 Å². The van der Waals surface area contributed by atoms with Crippen molar-refractivity contribution in [2.24, 2.45) is 5.92 Å². The summed E-state index contributed by atoms with van der Waals surface area (Å²) in [5.41, 5.74) is 2.19. The maximum absolute atomic E-state index is 12.5. The van der Waals surface area contributed by atoms with Gasteiger partial charge >= 0.3 is 0 Å². The van der Waals surface area contributed by atoms with Crippen molar-refractivity contribution in [2.45, 2.75) is 44.8 Å². The number of fused-ring (bicyclic) bond motifs is 1. The number of nitrogens with zero attached hydrogens (tertiary/aromatic N) is 1. The van der Waals surface area contributed by atoms with Gasteiger partial charge in [-0.1, -0.05) is 18.2 Å². The molecule has 2 aliphatic heterocycles. The highest BCUT2D eigenvalue weighted by Crippen LogP contribution is 2.27. The van der Waals surface area contributed by atoms with Crippen molar-refractivity contribution in [1.82, 2.24) is 4.90 Å². The van der Waals surface area contributed by atoms with E-state index < -0.39 is 0 Å². The van der Waals surface area contributed by atoms with E-state index >= 15 is 0 Å². The Morgan fingerprint density at radius 2 is 1.95 bits per heavy atom. The third-order valence-electron chi connectivity index (χ3n) is 4.96. The van der Waals surface area contributed by atoms with Crippen LogP contribution in [0.2, 0.25) is 0 Å². The summed E-state index contributed by atoms with van der Waals surface area (Å²) in [5.74, 6) is 0.503. The predicted octanol–water partition coefficient (Wildman–Crippen LogP) is 2.03. The molecule has 0 bridgehead atoms. The molecule has 1 saturated heterocycles. The molecule has 114 valence electrons. The Hall–Kier alpha value is -1.39. The summed E-state index contributed by atoms with van der Waals surface area (Å²) in [6.07, 6.45) is 3.54. The molecule has 0 radical (unpaired) electrons. The number of aliphatic hydroxyl groups is 1. The average molecular weight is 288 g/mol. The number of nitrogens with one attached hydrogen (secondary N) is 1. The maximum atomic E-state index is 12.5. The van der Waals surface area contributed by atoms with E-state index in [1.807, 2.05) is 25.1 Å². The molecular weight excluding hydrogens is 264 g/mol. The van der Waals surface area contributed by atoms with E-state index in [0.29, 0.717) is 5.92 Å². The minimum absolute atomic E-state index is 0.0349. The van der Waals surface area contributed by atoms with Gasteiger partial charge in [0.15, 0.2) is 0 Å². The first-order chi connectivity index (χ1) is 10.1. The summed E-state index contributed by atoms with van der Waals surface area (Å²) >= 11 is 0. The summed E-state index contributed by atoms with van der Waals surface area (Å²) in [6.45, 7) is 3.68. The molecule has 3 rings (SSSR count). The smallest absolute Gasteiger partial charge is 0.241 e. The van der Waals surface area contributed by atoms with Crippen LogP contribution in [0.15, 0.2) is 24.3 Å². The van der Waals surface area contributed by atoms with Gasteiger partial charge < -0.3 is 10.4 Å². The third-order valence-corrected chi connectivity index (χ3v) is 4.96. The minimum Gasteiger partial charge on any atom is -0.393 e. The van der Waals surface area contributed by atoms with Gasteiger partial charge in [0.2, 0.25) is 5.91 Å². The van der Waals surface area contributed by atoms with E-state index in [4.69, 9.17) is 0 Å². The summed E-state index contributed by atoms with van der Waals surface area (Å²) in [6, 6.07) is 8.03. The van der Waals surface area contributed by atoms with Crippen molar-refractivity contribution in [1.29, 1.82) is 0 Å². The van der Waals surface area contributed by atoms with E-state index in [-0.39, 0.29) is 18.1 Å². The Morgan fingerprint density at radius 3 is 2.67 bits per heavy atom. The van der Waals surface area contributed by atoms with Crippen molar-refractivity contribution in [3.8, 4) is 0 Å². The predicted molar refractivity (Wildman–Crippen MR) is 83.2 cm³/mol. The quantitative estimate of drug-likeness (QED) is 0.875. The summed E-state index contributed by atoms with van der Waals surface area (Å²) in [5, 5.41) is 12.8. The Labute approximate surface area is 126 Å². The molecule has 1 fully saturated rings. The number of hydrogen-bond donors (Lipinski definition) is 2. The molecule has 0 aliphatic carbocycles. The van der Waals surface area contributed by atoms with Gasteiger partial charge in [-0.05, 0) is 63.2 Å². The zero-order valence-electron chi connectivity index (χ0n) is 12.6. The molecule has 2 N–H and O–H groups in total. The van der Waals surface area contributed by atoms with Crippen LogP contribution in [0.1, 0.15) is 31.7 Å². The van der Waals surface area contributed by atoms with Crippen LogP contribution in [-0.4, -0.2) is 41.1 Å². The maximum Gasteiger partial charge on any atom is 0.241 e. The van der Waals surface area contributed by atoms with Crippen LogP contribution < -0.4 is 5.32 Å². The number of carbonyl (C=O) groups excluding carboxylic acids is 1. The number of anilines is 1. The monoisotopic (exact) mass is 288 g/mol. The lowest BCUT2D eigenvalue weighted by atomic mass is 9.91. The second-order valence-electron chi connectivity index (χ2n) is 6.31. The van der Waals surface area contributed by atoms with Gasteiger partial charge in [-0.25, -0.2) is 0 Å². The van der Waals surface area contributed by atoms with Crippen LogP contribution in [0.5, 0.6) is 0 Å². The highest BCUT2D eigenvalue weighted by atomic mass is 16.3. The van der Waals surface area contributed by atoms with Crippen LogP contribution in [0.25, 0.3) is 0 Å². The van der Waals surface area contributed by atoms with E-state index in [9.17, 15) is 9.90 Å². The third kappa shape index (κ3) is 3.11. The molecule has 4 nitrogen and oxygen atoms in total. The molecule has 1 aromatic rings. The van der Waals surface area contributed by atoms with Crippen LogP contribution in [-0.2, 0) is 11.2 Å². The van der Waals surface area contributed by atoms with Crippen LogP contribution in [0.4, 0.5) is 5.69 Å². The molecule has 2 heterocycles. The largest absolute Gasteiger partial charge is 0.393 e. The second kappa shape index (κ2) is 6.16. The molecule has 0 aromatic heterocycles. The molecule has 1 amide bonds. The fraction of sp³-hybridized carbons (Fsp3) is 0.588. The summed E-state index contributed by atoms with van der Waals surface area (Å²) in [4.78, 5) is 14.8. The van der Waals surface area contributed by atoms with Crippen molar-refractivity contribution in [3.63, 3.8) is 0 Å². The van der Waals surface area contributed by atoms with Crippen molar-refractivity contribution < 1.29 is 9.90 Å². The second-order valence-corrected chi connectivity index (χ2v) is 6.31. The van der Waals surface area contributed by atoms with E-state index in [0.717, 1.165) is 44.5 Å². The van der Waals surface area contributed by atoms with E-state index in [2.05, 4.69) is 16.3 Å². The molecule has 4 heteroatoms. The average Bonchev–Trinajstić information content (AvgIpc) is 2.65. The van der Waals surface area contributed by atoms with Gasteiger partial charge in [-0.15, -0.1) is 0 Å².